The Labute approximate surface area is 111 Å². The molecule has 0 heterocycles. The summed E-state index contributed by atoms with van der Waals surface area (Å²) < 4.78 is 19.3. The van der Waals surface area contributed by atoms with Crippen LogP contribution in [0.5, 0.6) is 11.5 Å². The first kappa shape index (κ1) is 13.1. The smallest absolute Gasteiger partial charge is 0.141 e. The molecule has 0 bridgehead atoms. The molecule has 0 aliphatic carbocycles. The van der Waals surface area contributed by atoms with Crippen LogP contribution in [0.1, 0.15) is 16.7 Å². The van der Waals surface area contributed by atoms with Gasteiger partial charge in [0.25, 0.3) is 0 Å². The number of nitrogens with one attached hydrogen (secondary N) is 1. The molecule has 0 aliphatic rings. The van der Waals surface area contributed by atoms with Crippen molar-refractivity contribution in [2.75, 3.05) is 0 Å². The van der Waals surface area contributed by atoms with E-state index in [0.29, 0.717) is 5.75 Å². The standard InChI is InChI=1S/C15H15FN2O/c1-9-6-10(2)8-11(7-9)19-13-5-3-4-12(16)14(13)15(17)18/h3-8H,1-2H3,(H3,17,18). The Kier molecular flexibility index (Phi) is 3.51. The molecule has 0 radical (unpaired) electrons. The second-order valence-electron chi connectivity index (χ2n) is 4.45. The fraction of sp³-hybridized carbons (Fsp3) is 0.133. The molecule has 2 aromatic carbocycles. The third-order valence-corrected chi connectivity index (χ3v) is 2.67. The van der Waals surface area contributed by atoms with E-state index < -0.39 is 5.82 Å². The van der Waals surface area contributed by atoms with Gasteiger partial charge in [-0.05, 0) is 49.2 Å². The Morgan fingerprint density at radius 2 is 1.79 bits per heavy atom. The van der Waals surface area contributed by atoms with Gasteiger partial charge >= 0.3 is 0 Å². The summed E-state index contributed by atoms with van der Waals surface area (Å²) in [5, 5.41) is 7.43. The SMILES string of the molecule is Cc1cc(C)cc(Oc2cccc(F)c2C(=N)N)c1. The number of amidine groups is 1. The second-order valence-corrected chi connectivity index (χ2v) is 4.45. The van der Waals surface area contributed by atoms with Crippen LogP contribution in [0.2, 0.25) is 0 Å². The average Bonchev–Trinajstić information content (AvgIpc) is 2.26. The van der Waals surface area contributed by atoms with Crippen LogP contribution in [0.3, 0.4) is 0 Å². The summed E-state index contributed by atoms with van der Waals surface area (Å²) in [5.41, 5.74) is 7.48. The van der Waals surface area contributed by atoms with Crippen molar-refractivity contribution in [1.29, 1.82) is 5.41 Å². The molecule has 0 fully saturated rings. The third-order valence-electron chi connectivity index (χ3n) is 2.67. The van der Waals surface area contributed by atoms with Crippen LogP contribution in [-0.2, 0) is 0 Å². The van der Waals surface area contributed by atoms with E-state index in [2.05, 4.69) is 0 Å². The zero-order chi connectivity index (χ0) is 14.0. The van der Waals surface area contributed by atoms with Crippen molar-refractivity contribution in [2.24, 2.45) is 5.73 Å². The van der Waals surface area contributed by atoms with Gasteiger partial charge in [0.1, 0.15) is 23.2 Å². The van der Waals surface area contributed by atoms with Gasteiger partial charge in [-0.2, -0.15) is 0 Å². The van der Waals surface area contributed by atoms with Gasteiger partial charge < -0.3 is 10.5 Å². The molecule has 2 aromatic rings. The van der Waals surface area contributed by atoms with E-state index in [0.717, 1.165) is 11.1 Å². The summed E-state index contributed by atoms with van der Waals surface area (Å²) in [5.74, 6) is -0.0602. The highest BCUT2D eigenvalue weighted by Gasteiger charge is 2.13. The molecule has 3 N–H and O–H groups in total. The zero-order valence-corrected chi connectivity index (χ0v) is 10.8. The number of nitrogen functional groups attached to an aromatic ring is 1. The normalized spacial score (nSPS) is 10.3. The Morgan fingerprint density at radius 3 is 2.37 bits per heavy atom. The van der Waals surface area contributed by atoms with E-state index >= 15 is 0 Å². The summed E-state index contributed by atoms with van der Waals surface area (Å²) in [6.45, 7) is 3.91. The molecule has 0 spiro atoms. The molecule has 3 nitrogen and oxygen atoms in total. The number of rotatable bonds is 3. The van der Waals surface area contributed by atoms with Gasteiger partial charge in [0.2, 0.25) is 0 Å². The van der Waals surface area contributed by atoms with Crippen LogP contribution in [0, 0.1) is 25.1 Å². The Bertz CT molecular complexity index is 618. The maximum Gasteiger partial charge on any atom is 0.141 e. The van der Waals surface area contributed by atoms with Crippen molar-refractivity contribution in [3.05, 3.63) is 58.9 Å². The summed E-state index contributed by atoms with van der Waals surface area (Å²) in [6.07, 6.45) is 0. The third kappa shape index (κ3) is 2.91. The minimum Gasteiger partial charge on any atom is -0.456 e. The molecule has 0 aromatic heterocycles. The molecule has 0 amide bonds. The molecule has 0 saturated carbocycles. The molecular weight excluding hydrogens is 243 g/mol. The molecule has 2 rings (SSSR count). The largest absolute Gasteiger partial charge is 0.456 e. The monoisotopic (exact) mass is 258 g/mol. The molecule has 98 valence electrons. The predicted octanol–water partition coefficient (Wildman–Crippen LogP) is 3.52. The van der Waals surface area contributed by atoms with E-state index in [1.54, 1.807) is 6.07 Å². The van der Waals surface area contributed by atoms with Gasteiger partial charge in [-0.25, -0.2) is 4.39 Å². The predicted molar refractivity (Wildman–Crippen MR) is 73.4 cm³/mol. The molecule has 0 saturated heterocycles. The van der Waals surface area contributed by atoms with Crippen molar-refractivity contribution >= 4 is 5.84 Å². The zero-order valence-electron chi connectivity index (χ0n) is 10.8. The van der Waals surface area contributed by atoms with Crippen LogP contribution in [0.25, 0.3) is 0 Å². The van der Waals surface area contributed by atoms with E-state index in [-0.39, 0.29) is 17.1 Å². The van der Waals surface area contributed by atoms with Crippen LogP contribution in [-0.4, -0.2) is 5.84 Å². The molecule has 4 heteroatoms. The van der Waals surface area contributed by atoms with E-state index in [1.165, 1.54) is 12.1 Å². The van der Waals surface area contributed by atoms with Crippen LogP contribution < -0.4 is 10.5 Å². The summed E-state index contributed by atoms with van der Waals surface area (Å²) in [4.78, 5) is 0. The summed E-state index contributed by atoms with van der Waals surface area (Å²) in [7, 11) is 0. The van der Waals surface area contributed by atoms with Crippen LogP contribution in [0.15, 0.2) is 36.4 Å². The Morgan fingerprint density at radius 1 is 1.16 bits per heavy atom. The van der Waals surface area contributed by atoms with Gasteiger partial charge in [-0.15, -0.1) is 0 Å². The average molecular weight is 258 g/mol. The lowest BCUT2D eigenvalue weighted by molar-refractivity contribution is 0.474. The topological polar surface area (TPSA) is 59.1 Å². The first-order valence-corrected chi connectivity index (χ1v) is 5.86. The van der Waals surface area contributed by atoms with Crippen molar-refractivity contribution in [3.8, 4) is 11.5 Å². The Hall–Kier alpha value is -2.36. The maximum absolute atomic E-state index is 13.7. The number of hydrogen-bond acceptors (Lipinski definition) is 2. The summed E-state index contributed by atoms with van der Waals surface area (Å²) >= 11 is 0. The fourth-order valence-electron chi connectivity index (χ4n) is 1.97. The molecular formula is C15H15FN2O. The minimum absolute atomic E-state index is 0.0124. The van der Waals surface area contributed by atoms with Crippen molar-refractivity contribution < 1.29 is 9.13 Å². The van der Waals surface area contributed by atoms with Crippen molar-refractivity contribution in [1.82, 2.24) is 0 Å². The number of halogens is 1. The molecule has 0 unspecified atom stereocenters. The van der Waals surface area contributed by atoms with Gasteiger partial charge in [-0.1, -0.05) is 12.1 Å². The number of benzene rings is 2. The quantitative estimate of drug-likeness (QED) is 0.653. The second kappa shape index (κ2) is 5.10. The lowest BCUT2D eigenvalue weighted by atomic mass is 10.1. The highest BCUT2D eigenvalue weighted by molar-refractivity contribution is 5.98. The van der Waals surface area contributed by atoms with E-state index in [4.69, 9.17) is 15.9 Å². The van der Waals surface area contributed by atoms with Crippen LogP contribution in [0.4, 0.5) is 4.39 Å². The first-order chi connectivity index (χ1) is 8.97. The van der Waals surface area contributed by atoms with E-state index in [9.17, 15) is 4.39 Å². The van der Waals surface area contributed by atoms with Crippen molar-refractivity contribution in [3.63, 3.8) is 0 Å². The van der Waals surface area contributed by atoms with Gasteiger partial charge in [0.05, 0.1) is 5.56 Å². The number of aryl methyl sites for hydroxylation is 2. The first-order valence-electron chi connectivity index (χ1n) is 5.86. The number of ether oxygens (including phenoxy) is 1. The number of hydrogen-bond donors (Lipinski definition) is 2. The lowest BCUT2D eigenvalue weighted by Gasteiger charge is -2.12. The number of nitrogens with two attached hydrogens (primary N) is 1. The molecule has 0 atom stereocenters. The van der Waals surface area contributed by atoms with Crippen LogP contribution >= 0.6 is 0 Å². The van der Waals surface area contributed by atoms with E-state index in [1.807, 2.05) is 32.0 Å². The molecule has 19 heavy (non-hydrogen) atoms. The lowest BCUT2D eigenvalue weighted by Crippen LogP contribution is -2.14. The van der Waals surface area contributed by atoms with Gasteiger partial charge in [-0.3, -0.25) is 5.41 Å². The van der Waals surface area contributed by atoms with Gasteiger partial charge in [0, 0.05) is 0 Å². The highest BCUT2D eigenvalue weighted by Crippen LogP contribution is 2.28. The highest BCUT2D eigenvalue weighted by atomic mass is 19.1. The Balaban J connectivity index is 2.43. The summed E-state index contributed by atoms with van der Waals surface area (Å²) in [6, 6.07) is 10.1. The molecule has 0 aliphatic heterocycles. The minimum atomic E-state index is -0.561. The van der Waals surface area contributed by atoms with Crippen molar-refractivity contribution in [2.45, 2.75) is 13.8 Å². The van der Waals surface area contributed by atoms with Gasteiger partial charge in [0.15, 0.2) is 0 Å². The maximum atomic E-state index is 13.7. The fourth-order valence-corrected chi connectivity index (χ4v) is 1.97.